The molecule has 1 amide bonds. The minimum absolute atomic E-state index is 0.0973. The normalized spacial score (nSPS) is 20.0. The highest BCUT2D eigenvalue weighted by Gasteiger charge is 2.26. The van der Waals surface area contributed by atoms with Crippen molar-refractivity contribution in [1.82, 2.24) is 4.90 Å². The molecule has 0 aliphatic carbocycles. The second-order valence-electron chi connectivity index (χ2n) is 6.83. The standard InChI is InChI=1S/C19H25NO3/c1-14(2)10-20(11-15-7-8-22-12-15)19(21)17-9-16-5-3-4-6-18(16)23-13-17/h3-6,9,14-15H,7-8,10-13H2,1-2H3/t15-/m0/s1. The summed E-state index contributed by atoms with van der Waals surface area (Å²) in [4.78, 5) is 14.9. The molecule has 4 nitrogen and oxygen atoms in total. The van der Waals surface area contributed by atoms with E-state index >= 15 is 0 Å². The number of benzene rings is 1. The number of carbonyl (C=O) groups is 1. The maximum atomic E-state index is 13.0. The van der Waals surface area contributed by atoms with E-state index in [1.54, 1.807) is 0 Å². The Balaban J connectivity index is 1.76. The second kappa shape index (κ2) is 7.18. The van der Waals surface area contributed by atoms with Crippen LogP contribution in [0.2, 0.25) is 0 Å². The fourth-order valence-corrected chi connectivity index (χ4v) is 3.16. The zero-order valence-corrected chi connectivity index (χ0v) is 14.0. The predicted octanol–water partition coefficient (Wildman–Crippen LogP) is 2.98. The Labute approximate surface area is 138 Å². The quantitative estimate of drug-likeness (QED) is 0.838. The number of nitrogens with zero attached hydrogens (tertiary/aromatic N) is 1. The Morgan fingerprint density at radius 2 is 2.17 bits per heavy atom. The molecule has 0 spiro atoms. The molecule has 0 unspecified atom stereocenters. The van der Waals surface area contributed by atoms with E-state index in [1.165, 1.54) is 0 Å². The van der Waals surface area contributed by atoms with Crippen LogP contribution in [0.5, 0.6) is 5.75 Å². The van der Waals surface area contributed by atoms with Crippen molar-refractivity contribution in [3.05, 3.63) is 35.4 Å². The molecule has 0 bridgehead atoms. The molecular formula is C19H25NO3. The fraction of sp³-hybridized carbons (Fsp3) is 0.526. The van der Waals surface area contributed by atoms with Gasteiger partial charge in [-0.3, -0.25) is 4.79 Å². The molecule has 3 rings (SSSR count). The summed E-state index contributed by atoms with van der Waals surface area (Å²) in [6.07, 6.45) is 3.01. The lowest BCUT2D eigenvalue weighted by molar-refractivity contribution is -0.128. The summed E-state index contributed by atoms with van der Waals surface area (Å²) in [6.45, 7) is 7.77. The van der Waals surface area contributed by atoms with Gasteiger partial charge >= 0.3 is 0 Å². The average Bonchev–Trinajstić information content (AvgIpc) is 3.06. The van der Waals surface area contributed by atoms with Gasteiger partial charge in [-0.05, 0) is 24.5 Å². The monoisotopic (exact) mass is 315 g/mol. The summed E-state index contributed by atoms with van der Waals surface area (Å²) in [5.74, 6) is 1.84. The number of fused-ring (bicyclic) bond motifs is 1. The van der Waals surface area contributed by atoms with Crippen LogP contribution in [0.25, 0.3) is 6.08 Å². The molecule has 0 N–H and O–H groups in total. The Bertz CT molecular complexity index is 588. The molecule has 0 radical (unpaired) electrons. The number of hydrogen-bond donors (Lipinski definition) is 0. The first kappa shape index (κ1) is 16.1. The first-order chi connectivity index (χ1) is 11.1. The molecule has 1 fully saturated rings. The summed E-state index contributed by atoms with van der Waals surface area (Å²) < 4.78 is 11.2. The van der Waals surface area contributed by atoms with Gasteiger partial charge in [-0.15, -0.1) is 0 Å². The van der Waals surface area contributed by atoms with E-state index in [9.17, 15) is 4.79 Å². The highest BCUT2D eigenvalue weighted by atomic mass is 16.5. The van der Waals surface area contributed by atoms with E-state index in [0.29, 0.717) is 18.4 Å². The Hall–Kier alpha value is -1.81. The van der Waals surface area contributed by atoms with Crippen molar-refractivity contribution >= 4 is 12.0 Å². The lowest BCUT2D eigenvalue weighted by Crippen LogP contribution is -2.40. The number of carbonyl (C=O) groups excluding carboxylic acids is 1. The van der Waals surface area contributed by atoms with Gasteiger partial charge in [-0.25, -0.2) is 0 Å². The molecule has 2 heterocycles. The number of amides is 1. The van der Waals surface area contributed by atoms with Crippen LogP contribution in [0.4, 0.5) is 0 Å². The zero-order chi connectivity index (χ0) is 16.2. The first-order valence-corrected chi connectivity index (χ1v) is 8.43. The van der Waals surface area contributed by atoms with Crippen molar-refractivity contribution in [2.75, 3.05) is 32.9 Å². The Morgan fingerprint density at radius 3 is 2.91 bits per heavy atom. The summed E-state index contributed by atoms with van der Waals surface area (Å²) in [5.41, 5.74) is 1.72. The van der Waals surface area contributed by atoms with E-state index in [2.05, 4.69) is 13.8 Å². The number of para-hydroxylation sites is 1. The number of hydrogen-bond acceptors (Lipinski definition) is 3. The number of ether oxygens (including phenoxy) is 2. The highest BCUT2D eigenvalue weighted by molar-refractivity contribution is 5.99. The Kier molecular flexibility index (Phi) is 5.01. The molecule has 1 aromatic carbocycles. The van der Waals surface area contributed by atoms with E-state index in [0.717, 1.165) is 49.6 Å². The van der Waals surface area contributed by atoms with Crippen molar-refractivity contribution in [2.24, 2.45) is 11.8 Å². The summed E-state index contributed by atoms with van der Waals surface area (Å²) in [5, 5.41) is 0. The molecule has 0 saturated carbocycles. The maximum absolute atomic E-state index is 13.0. The fourth-order valence-electron chi connectivity index (χ4n) is 3.16. The van der Waals surface area contributed by atoms with Gasteiger partial charge in [0.1, 0.15) is 12.4 Å². The molecule has 2 aliphatic heterocycles. The summed E-state index contributed by atoms with van der Waals surface area (Å²) in [6, 6.07) is 7.84. The van der Waals surface area contributed by atoms with E-state index < -0.39 is 0 Å². The largest absolute Gasteiger partial charge is 0.488 e. The first-order valence-electron chi connectivity index (χ1n) is 8.43. The van der Waals surface area contributed by atoms with Gasteiger partial charge in [-0.2, -0.15) is 0 Å². The topological polar surface area (TPSA) is 38.8 Å². The lowest BCUT2D eigenvalue weighted by atomic mass is 10.0. The van der Waals surface area contributed by atoms with E-state index in [1.807, 2.05) is 35.2 Å². The van der Waals surface area contributed by atoms with Crippen LogP contribution in [-0.4, -0.2) is 43.7 Å². The van der Waals surface area contributed by atoms with Crippen molar-refractivity contribution < 1.29 is 14.3 Å². The molecular weight excluding hydrogens is 290 g/mol. The lowest BCUT2D eigenvalue weighted by Gasteiger charge is -2.29. The van der Waals surface area contributed by atoms with Crippen molar-refractivity contribution in [2.45, 2.75) is 20.3 Å². The molecule has 1 atom stereocenters. The van der Waals surface area contributed by atoms with Crippen LogP contribution in [0.15, 0.2) is 29.8 Å². The maximum Gasteiger partial charge on any atom is 0.253 e. The molecule has 2 aliphatic rings. The molecule has 23 heavy (non-hydrogen) atoms. The number of rotatable bonds is 5. The van der Waals surface area contributed by atoms with Crippen LogP contribution >= 0.6 is 0 Å². The van der Waals surface area contributed by atoms with Crippen LogP contribution in [0, 0.1) is 11.8 Å². The van der Waals surface area contributed by atoms with Crippen LogP contribution < -0.4 is 4.74 Å². The third-order valence-electron chi connectivity index (χ3n) is 4.28. The third kappa shape index (κ3) is 3.94. The van der Waals surface area contributed by atoms with Crippen molar-refractivity contribution in [1.29, 1.82) is 0 Å². The molecule has 4 heteroatoms. The van der Waals surface area contributed by atoms with Gasteiger partial charge in [0.25, 0.3) is 5.91 Å². The second-order valence-corrected chi connectivity index (χ2v) is 6.83. The minimum Gasteiger partial charge on any atom is -0.488 e. The van der Waals surface area contributed by atoms with Gasteiger partial charge < -0.3 is 14.4 Å². The van der Waals surface area contributed by atoms with Crippen LogP contribution in [0.3, 0.4) is 0 Å². The van der Waals surface area contributed by atoms with Crippen LogP contribution in [0.1, 0.15) is 25.8 Å². The van der Waals surface area contributed by atoms with E-state index in [4.69, 9.17) is 9.47 Å². The molecule has 124 valence electrons. The molecule has 1 aromatic rings. The van der Waals surface area contributed by atoms with Gasteiger partial charge in [0, 0.05) is 31.2 Å². The highest BCUT2D eigenvalue weighted by Crippen LogP contribution is 2.27. The molecule has 1 saturated heterocycles. The van der Waals surface area contributed by atoms with Crippen molar-refractivity contribution in [3.63, 3.8) is 0 Å². The van der Waals surface area contributed by atoms with Gasteiger partial charge in [-0.1, -0.05) is 32.0 Å². The Morgan fingerprint density at radius 1 is 1.35 bits per heavy atom. The SMILES string of the molecule is CC(C)CN(C[C@@H]1CCOC1)C(=O)C1=Cc2ccccc2OC1. The van der Waals surface area contributed by atoms with Crippen LogP contribution in [-0.2, 0) is 9.53 Å². The van der Waals surface area contributed by atoms with Gasteiger partial charge in [0.2, 0.25) is 0 Å². The van der Waals surface area contributed by atoms with Gasteiger partial charge in [0.15, 0.2) is 0 Å². The third-order valence-corrected chi connectivity index (χ3v) is 4.28. The molecule has 0 aromatic heterocycles. The predicted molar refractivity (Wildman–Crippen MR) is 90.3 cm³/mol. The van der Waals surface area contributed by atoms with Gasteiger partial charge in [0.05, 0.1) is 12.2 Å². The summed E-state index contributed by atoms with van der Waals surface area (Å²) >= 11 is 0. The summed E-state index contributed by atoms with van der Waals surface area (Å²) in [7, 11) is 0. The average molecular weight is 315 g/mol. The smallest absolute Gasteiger partial charge is 0.253 e. The minimum atomic E-state index is 0.0973. The van der Waals surface area contributed by atoms with Crippen molar-refractivity contribution in [3.8, 4) is 5.75 Å². The van der Waals surface area contributed by atoms with E-state index in [-0.39, 0.29) is 5.91 Å². The zero-order valence-electron chi connectivity index (χ0n) is 14.0.